The third-order valence-electron chi connectivity index (χ3n) is 5.75. The molecule has 6 rings (SSSR count). The number of hydrogen-bond acceptors (Lipinski definition) is 5. The number of nitrogens with zero attached hydrogens (tertiary/aromatic N) is 4. The molecule has 0 saturated heterocycles. The highest BCUT2D eigenvalue weighted by molar-refractivity contribution is 5.96. The molecule has 0 atom stereocenters. The van der Waals surface area contributed by atoms with Gasteiger partial charge in [0.25, 0.3) is 5.56 Å². The molecule has 1 aliphatic rings. The number of pyridine rings is 1. The Kier molecular flexibility index (Phi) is 3.52. The van der Waals surface area contributed by atoms with Crippen LogP contribution in [0.5, 0.6) is 5.75 Å². The molecule has 0 aliphatic heterocycles. The number of aromatic amines is 1. The van der Waals surface area contributed by atoms with Gasteiger partial charge < -0.3 is 4.74 Å². The van der Waals surface area contributed by atoms with Crippen molar-refractivity contribution < 1.29 is 4.74 Å². The maximum Gasteiger partial charge on any atom is 0.271 e. The second-order valence-electron chi connectivity index (χ2n) is 7.37. The van der Waals surface area contributed by atoms with Gasteiger partial charge in [-0.3, -0.25) is 4.79 Å². The molecule has 3 heterocycles. The Morgan fingerprint density at radius 3 is 2.67 bits per heavy atom. The Balaban J connectivity index is 1.69. The SMILES string of the molecule is COc1ccc(-c2n[nH]c3nc4ncc5c(c4c(=O)n23)-c2ccccc2CC5)cc1. The van der Waals surface area contributed by atoms with Crippen molar-refractivity contribution in [3.63, 3.8) is 0 Å². The molecule has 0 saturated carbocycles. The third kappa shape index (κ3) is 2.32. The molecule has 3 aromatic heterocycles. The van der Waals surface area contributed by atoms with E-state index < -0.39 is 0 Å². The molecule has 5 aromatic rings. The highest BCUT2D eigenvalue weighted by atomic mass is 16.5. The van der Waals surface area contributed by atoms with E-state index in [1.54, 1.807) is 7.11 Å². The molecule has 0 amide bonds. The van der Waals surface area contributed by atoms with E-state index in [1.165, 1.54) is 9.96 Å². The minimum absolute atomic E-state index is 0.171. The predicted molar refractivity (Wildman–Crippen MR) is 114 cm³/mol. The lowest BCUT2D eigenvalue weighted by Crippen LogP contribution is -2.19. The lowest BCUT2D eigenvalue weighted by molar-refractivity contribution is 0.415. The zero-order valence-corrected chi connectivity index (χ0v) is 16.2. The first-order valence-electron chi connectivity index (χ1n) is 9.76. The Labute approximate surface area is 171 Å². The standard InChI is InChI=1S/C23H17N5O2/c1-30-16-10-8-14(9-11-16)21-26-27-23-25-20-19(22(29)28(21)23)18-15(12-24-20)7-6-13-4-2-3-5-17(13)18/h2-5,8-12H,6-7H2,1H3,(H,24,25,27). The van der Waals surface area contributed by atoms with E-state index in [9.17, 15) is 4.79 Å². The van der Waals surface area contributed by atoms with Gasteiger partial charge in [0.15, 0.2) is 11.5 Å². The van der Waals surface area contributed by atoms with E-state index in [0.29, 0.717) is 22.6 Å². The fourth-order valence-corrected chi connectivity index (χ4v) is 4.29. The minimum Gasteiger partial charge on any atom is -0.497 e. The van der Waals surface area contributed by atoms with Crippen molar-refractivity contribution in [3.8, 4) is 28.3 Å². The molecule has 1 N–H and O–H groups in total. The summed E-state index contributed by atoms with van der Waals surface area (Å²) in [6.07, 6.45) is 3.64. The minimum atomic E-state index is -0.171. The summed E-state index contributed by atoms with van der Waals surface area (Å²) in [5.74, 6) is 1.62. The van der Waals surface area contributed by atoms with Gasteiger partial charge in [0, 0.05) is 17.3 Å². The summed E-state index contributed by atoms with van der Waals surface area (Å²) in [7, 11) is 1.62. The Morgan fingerprint density at radius 1 is 1.03 bits per heavy atom. The zero-order valence-electron chi connectivity index (χ0n) is 16.2. The number of nitrogens with one attached hydrogen (secondary N) is 1. The number of ether oxygens (including phenoxy) is 1. The lowest BCUT2D eigenvalue weighted by atomic mass is 9.85. The summed E-state index contributed by atoms with van der Waals surface area (Å²) in [5, 5.41) is 7.78. The summed E-state index contributed by atoms with van der Waals surface area (Å²) < 4.78 is 6.76. The summed E-state index contributed by atoms with van der Waals surface area (Å²) in [5.41, 5.74) is 5.40. The van der Waals surface area contributed by atoms with Crippen molar-refractivity contribution >= 4 is 16.8 Å². The lowest BCUT2D eigenvalue weighted by Gasteiger charge is -2.20. The van der Waals surface area contributed by atoms with Crippen molar-refractivity contribution in [1.82, 2.24) is 24.6 Å². The Bertz CT molecular complexity index is 1500. The van der Waals surface area contributed by atoms with Crippen molar-refractivity contribution in [2.75, 3.05) is 7.11 Å². The van der Waals surface area contributed by atoms with E-state index in [-0.39, 0.29) is 5.56 Å². The van der Waals surface area contributed by atoms with Gasteiger partial charge in [-0.2, -0.15) is 10.1 Å². The summed E-state index contributed by atoms with van der Waals surface area (Å²) in [4.78, 5) is 22.8. The van der Waals surface area contributed by atoms with Crippen LogP contribution in [0.2, 0.25) is 0 Å². The van der Waals surface area contributed by atoms with Crippen molar-refractivity contribution in [3.05, 3.63) is 76.2 Å². The van der Waals surface area contributed by atoms with Gasteiger partial charge in [-0.05, 0) is 53.8 Å². The molecule has 146 valence electrons. The molecular weight excluding hydrogens is 378 g/mol. The average Bonchev–Trinajstić information content (AvgIpc) is 3.23. The first-order valence-corrected chi connectivity index (χ1v) is 9.76. The zero-order chi connectivity index (χ0) is 20.2. The molecule has 0 bridgehead atoms. The van der Waals surface area contributed by atoms with Crippen LogP contribution in [0.25, 0.3) is 39.3 Å². The number of aryl methyl sites for hydroxylation is 2. The number of methoxy groups -OCH3 is 1. The number of benzene rings is 2. The summed E-state index contributed by atoms with van der Waals surface area (Å²) in [6.45, 7) is 0. The van der Waals surface area contributed by atoms with Crippen LogP contribution in [0.1, 0.15) is 11.1 Å². The quantitative estimate of drug-likeness (QED) is 0.495. The van der Waals surface area contributed by atoms with Crippen LogP contribution in [0, 0.1) is 0 Å². The molecule has 30 heavy (non-hydrogen) atoms. The number of rotatable bonds is 2. The summed E-state index contributed by atoms with van der Waals surface area (Å²) >= 11 is 0. The van der Waals surface area contributed by atoms with Gasteiger partial charge in [0.05, 0.1) is 12.5 Å². The monoisotopic (exact) mass is 395 g/mol. The van der Waals surface area contributed by atoms with Gasteiger partial charge >= 0.3 is 0 Å². The van der Waals surface area contributed by atoms with Crippen molar-refractivity contribution in [2.45, 2.75) is 12.8 Å². The first kappa shape index (κ1) is 16.9. The van der Waals surface area contributed by atoms with Crippen LogP contribution >= 0.6 is 0 Å². The largest absolute Gasteiger partial charge is 0.497 e. The normalized spacial score (nSPS) is 12.7. The van der Waals surface area contributed by atoms with E-state index >= 15 is 0 Å². The average molecular weight is 395 g/mol. The maximum absolute atomic E-state index is 13.7. The van der Waals surface area contributed by atoms with Gasteiger partial charge in [-0.25, -0.2) is 14.5 Å². The smallest absolute Gasteiger partial charge is 0.271 e. The van der Waals surface area contributed by atoms with Crippen LogP contribution in [0.3, 0.4) is 0 Å². The van der Waals surface area contributed by atoms with Gasteiger partial charge in [0.1, 0.15) is 5.75 Å². The van der Waals surface area contributed by atoms with Crippen LogP contribution in [-0.2, 0) is 12.8 Å². The second-order valence-corrected chi connectivity index (χ2v) is 7.37. The van der Waals surface area contributed by atoms with Crippen LogP contribution in [-0.4, -0.2) is 31.7 Å². The first-order chi connectivity index (χ1) is 14.7. The highest BCUT2D eigenvalue weighted by Crippen LogP contribution is 2.36. The van der Waals surface area contributed by atoms with Crippen LogP contribution in [0.4, 0.5) is 0 Å². The molecule has 0 radical (unpaired) electrons. The third-order valence-corrected chi connectivity index (χ3v) is 5.75. The van der Waals surface area contributed by atoms with Gasteiger partial charge in [0.2, 0.25) is 5.78 Å². The fraction of sp³-hybridized carbons (Fsp3) is 0.130. The fourth-order valence-electron chi connectivity index (χ4n) is 4.29. The molecule has 2 aromatic carbocycles. The molecule has 0 spiro atoms. The molecule has 7 heteroatoms. The predicted octanol–water partition coefficient (Wildman–Crippen LogP) is 3.41. The number of H-pyrrole nitrogens is 1. The van der Waals surface area contributed by atoms with E-state index in [0.717, 1.165) is 40.8 Å². The van der Waals surface area contributed by atoms with E-state index in [2.05, 4.69) is 32.3 Å². The maximum atomic E-state index is 13.7. The highest BCUT2D eigenvalue weighted by Gasteiger charge is 2.23. The number of hydrogen-bond donors (Lipinski definition) is 1. The van der Waals surface area contributed by atoms with Gasteiger partial charge in [-0.15, -0.1) is 0 Å². The van der Waals surface area contributed by atoms with E-state index in [4.69, 9.17) is 4.74 Å². The van der Waals surface area contributed by atoms with Crippen LogP contribution < -0.4 is 10.3 Å². The molecule has 7 nitrogen and oxygen atoms in total. The van der Waals surface area contributed by atoms with Crippen molar-refractivity contribution in [1.29, 1.82) is 0 Å². The van der Waals surface area contributed by atoms with Crippen molar-refractivity contribution in [2.24, 2.45) is 0 Å². The number of fused-ring (bicyclic) bond motifs is 6. The van der Waals surface area contributed by atoms with E-state index in [1.807, 2.05) is 42.6 Å². The molecule has 0 fully saturated rings. The molecular formula is C23H17N5O2. The van der Waals surface area contributed by atoms with Crippen LogP contribution in [0.15, 0.2) is 59.5 Å². The second kappa shape index (κ2) is 6.25. The Morgan fingerprint density at radius 2 is 1.83 bits per heavy atom. The van der Waals surface area contributed by atoms with Gasteiger partial charge in [-0.1, -0.05) is 24.3 Å². The molecule has 1 aliphatic carbocycles. The molecule has 0 unspecified atom stereocenters. The number of aromatic nitrogens is 5. The topological polar surface area (TPSA) is 85.2 Å². The summed E-state index contributed by atoms with van der Waals surface area (Å²) in [6, 6.07) is 15.7. The Hall–Kier alpha value is -4.00.